The van der Waals surface area contributed by atoms with Gasteiger partial charge in [-0.15, -0.1) is 0 Å². The van der Waals surface area contributed by atoms with Crippen molar-refractivity contribution >= 4 is 23.2 Å². The molecule has 2 aromatic rings. The fraction of sp³-hybridized carbons (Fsp3) is 0.350. The summed E-state index contributed by atoms with van der Waals surface area (Å²) in [7, 11) is 0. The van der Waals surface area contributed by atoms with Crippen LogP contribution in [-0.4, -0.2) is 43.6 Å². The van der Waals surface area contributed by atoms with Crippen molar-refractivity contribution < 1.29 is 9.53 Å². The number of benzene rings is 2. The quantitative estimate of drug-likeness (QED) is 0.835. The zero-order chi connectivity index (χ0) is 17.8. The summed E-state index contributed by atoms with van der Waals surface area (Å²) in [5.41, 5.74) is 3.87. The van der Waals surface area contributed by atoms with Gasteiger partial charge in [-0.05, 0) is 43.2 Å². The molecule has 0 bridgehead atoms. The molecule has 1 heterocycles. The van der Waals surface area contributed by atoms with Gasteiger partial charge in [0.15, 0.2) is 6.61 Å². The molecule has 25 heavy (non-hydrogen) atoms. The second-order valence-corrected chi connectivity index (χ2v) is 6.71. The Morgan fingerprint density at radius 1 is 1.04 bits per heavy atom. The highest BCUT2D eigenvalue weighted by Crippen LogP contribution is 2.25. The molecule has 4 nitrogen and oxygen atoms in total. The van der Waals surface area contributed by atoms with E-state index in [-0.39, 0.29) is 12.5 Å². The number of para-hydroxylation sites is 1. The van der Waals surface area contributed by atoms with Crippen LogP contribution in [0.15, 0.2) is 42.5 Å². The first-order valence-electron chi connectivity index (χ1n) is 8.52. The van der Waals surface area contributed by atoms with Gasteiger partial charge in [-0.25, -0.2) is 0 Å². The Morgan fingerprint density at radius 3 is 2.48 bits per heavy atom. The highest BCUT2D eigenvalue weighted by atomic mass is 35.5. The Labute approximate surface area is 154 Å². The molecule has 0 saturated carbocycles. The first-order chi connectivity index (χ1) is 12.1. The van der Waals surface area contributed by atoms with Crippen molar-refractivity contribution in [1.29, 1.82) is 0 Å². The second-order valence-electron chi connectivity index (χ2n) is 6.31. The van der Waals surface area contributed by atoms with Crippen molar-refractivity contribution in [2.24, 2.45) is 0 Å². The highest BCUT2D eigenvalue weighted by molar-refractivity contribution is 6.32. The Morgan fingerprint density at radius 2 is 1.76 bits per heavy atom. The van der Waals surface area contributed by atoms with Crippen LogP contribution in [0, 0.1) is 13.8 Å². The van der Waals surface area contributed by atoms with Gasteiger partial charge >= 0.3 is 0 Å². The number of anilines is 1. The molecule has 5 heteroatoms. The third-order valence-corrected chi connectivity index (χ3v) is 5.05. The van der Waals surface area contributed by atoms with E-state index in [2.05, 4.69) is 36.9 Å². The number of rotatable bonds is 4. The Bertz CT molecular complexity index is 755. The fourth-order valence-corrected chi connectivity index (χ4v) is 3.26. The van der Waals surface area contributed by atoms with Gasteiger partial charge in [-0.2, -0.15) is 0 Å². The molecule has 1 saturated heterocycles. The zero-order valence-electron chi connectivity index (χ0n) is 14.7. The lowest BCUT2D eigenvalue weighted by atomic mass is 10.1. The van der Waals surface area contributed by atoms with Gasteiger partial charge in [0.05, 0.1) is 5.02 Å². The molecular formula is C20H23ClN2O2. The van der Waals surface area contributed by atoms with E-state index in [0.29, 0.717) is 23.9 Å². The molecule has 0 aliphatic carbocycles. The first-order valence-corrected chi connectivity index (χ1v) is 8.90. The van der Waals surface area contributed by atoms with Crippen molar-refractivity contribution in [3.63, 3.8) is 0 Å². The van der Waals surface area contributed by atoms with Crippen LogP contribution in [0.5, 0.6) is 5.75 Å². The lowest BCUT2D eigenvalue weighted by Gasteiger charge is -2.37. The SMILES string of the molecule is Cc1cccc(N2CCN(C(=O)COc3ccccc3Cl)CC2)c1C. The van der Waals surface area contributed by atoms with Crippen molar-refractivity contribution in [2.45, 2.75) is 13.8 Å². The van der Waals surface area contributed by atoms with Crippen LogP contribution in [-0.2, 0) is 4.79 Å². The average Bonchev–Trinajstić information content (AvgIpc) is 2.63. The second kappa shape index (κ2) is 7.79. The molecular weight excluding hydrogens is 336 g/mol. The van der Waals surface area contributed by atoms with E-state index in [1.165, 1.54) is 16.8 Å². The summed E-state index contributed by atoms with van der Waals surface area (Å²) < 4.78 is 5.56. The summed E-state index contributed by atoms with van der Waals surface area (Å²) in [6.45, 7) is 7.39. The number of aryl methyl sites for hydroxylation is 1. The molecule has 0 spiro atoms. The molecule has 0 unspecified atom stereocenters. The largest absolute Gasteiger partial charge is 0.482 e. The molecule has 1 fully saturated rings. The highest BCUT2D eigenvalue weighted by Gasteiger charge is 2.22. The number of carbonyl (C=O) groups is 1. The van der Waals surface area contributed by atoms with Gasteiger partial charge in [0.2, 0.25) is 0 Å². The van der Waals surface area contributed by atoms with E-state index in [4.69, 9.17) is 16.3 Å². The number of nitrogens with zero attached hydrogens (tertiary/aromatic N) is 2. The molecule has 2 aromatic carbocycles. The number of hydrogen-bond acceptors (Lipinski definition) is 3. The number of amides is 1. The summed E-state index contributed by atoms with van der Waals surface area (Å²) in [4.78, 5) is 16.6. The van der Waals surface area contributed by atoms with Crippen LogP contribution in [0.3, 0.4) is 0 Å². The molecule has 1 aliphatic heterocycles. The van der Waals surface area contributed by atoms with Gasteiger partial charge < -0.3 is 14.5 Å². The molecule has 132 valence electrons. The van der Waals surface area contributed by atoms with Crippen molar-refractivity contribution in [1.82, 2.24) is 4.90 Å². The summed E-state index contributed by atoms with van der Waals surface area (Å²) in [5, 5.41) is 0.523. The normalized spacial score (nSPS) is 14.5. The number of piperazine rings is 1. The van der Waals surface area contributed by atoms with E-state index in [1.54, 1.807) is 12.1 Å². The van der Waals surface area contributed by atoms with Crippen LogP contribution in [0.1, 0.15) is 11.1 Å². The van der Waals surface area contributed by atoms with Crippen molar-refractivity contribution in [3.8, 4) is 5.75 Å². The Balaban J connectivity index is 1.54. The molecule has 0 aromatic heterocycles. The van der Waals surface area contributed by atoms with E-state index >= 15 is 0 Å². The summed E-state index contributed by atoms with van der Waals surface area (Å²) >= 11 is 6.05. The van der Waals surface area contributed by atoms with Crippen LogP contribution < -0.4 is 9.64 Å². The van der Waals surface area contributed by atoms with Crippen LogP contribution in [0.4, 0.5) is 5.69 Å². The smallest absolute Gasteiger partial charge is 0.260 e. The van der Waals surface area contributed by atoms with E-state index in [0.717, 1.165) is 13.1 Å². The van der Waals surface area contributed by atoms with Gasteiger partial charge in [0.1, 0.15) is 5.75 Å². The maximum atomic E-state index is 12.4. The number of carbonyl (C=O) groups excluding carboxylic acids is 1. The minimum atomic E-state index is 0.000494. The molecule has 0 radical (unpaired) electrons. The lowest BCUT2D eigenvalue weighted by molar-refractivity contribution is -0.133. The third-order valence-electron chi connectivity index (χ3n) is 4.74. The molecule has 0 N–H and O–H groups in total. The number of ether oxygens (including phenoxy) is 1. The minimum Gasteiger partial charge on any atom is -0.482 e. The standard InChI is InChI=1S/C20H23ClN2O2/c1-15-6-5-8-18(16(15)2)22-10-12-23(13-11-22)20(24)14-25-19-9-4-3-7-17(19)21/h3-9H,10-14H2,1-2H3. The maximum Gasteiger partial charge on any atom is 0.260 e. The van der Waals surface area contributed by atoms with Gasteiger partial charge in [-0.1, -0.05) is 35.9 Å². The van der Waals surface area contributed by atoms with Gasteiger partial charge in [0, 0.05) is 31.9 Å². The molecule has 0 atom stereocenters. The first kappa shape index (κ1) is 17.6. The van der Waals surface area contributed by atoms with Crippen LogP contribution >= 0.6 is 11.6 Å². The number of hydrogen-bond donors (Lipinski definition) is 0. The van der Waals surface area contributed by atoms with Crippen molar-refractivity contribution in [3.05, 3.63) is 58.6 Å². The topological polar surface area (TPSA) is 32.8 Å². The molecule has 1 amide bonds. The lowest BCUT2D eigenvalue weighted by Crippen LogP contribution is -2.50. The monoisotopic (exact) mass is 358 g/mol. The van der Waals surface area contributed by atoms with Gasteiger partial charge in [-0.3, -0.25) is 4.79 Å². The van der Waals surface area contributed by atoms with Crippen LogP contribution in [0.25, 0.3) is 0 Å². The predicted octanol–water partition coefficient (Wildman–Crippen LogP) is 3.68. The fourth-order valence-electron chi connectivity index (χ4n) is 3.07. The summed E-state index contributed by atoms with van der Waals surface area (Å²) in [6.07, 6.45) is 0. The Kier molecular flexibility index (Phi) is 5.49. The van der Waals surface area contributed by atoms with Crippen LogP contribution in [0.2, 0.25) is 5.02 Å². The summed E-state index contributed by atoms with van der Waals surface area (Å²) in [5.74, 6) is 0.548. The third kappa shape index (κ3) is 4.07. The molecule has 3 rings (SSSR count). The van der Waals surface area contributed by atoms with Gasteiger partial charge in [0.25, 0.3) is 5.91 Å². The maximum absolute atomic E-state index is 12.4. The zero-order valence-corrected chi connectivity index (χ0v) is 15.4. The van der Waals surface area contributed by atoms with E-state index in [9.17, 15) is 4.79 Å². The summed E-state index contributed by atoms with van der Waals surface area (Å²) in [6, 6.07) is 13.6. The Hall–Kier alpha value is -2.20. The van der Waals surface area contributed by atoms with E-state index < -0.39 is 0 Å². The number of halogens is 1. The predicted molar refractivity (Wildman–Crippen MR) is 102 cm³/mol. The van der Waals surface area contributed by atoms with E-state index in [1.807, 2.05) is 17.0 Å². The van der Waals surface area contributed by atoms with Crippen molar-refractivity contribution in [2.75, 3.05) is 37.7 Å². The average molecular weight is 359 g/mol. The minimum absolute atomic E-state index is 0.000494. The molecule has 1 aliphatic rings.